The van der Waals surface area contributed by atoms with Gasteiger partial charge in [0.25, 0.3) is 5.79 Å². The zero-order chi connectivity index (χ0) is 21.6. The van der Waals surface area contributed by atoms with Crippen molar-refractivity contribution in [3.05, 3.63) is 10.4 Å². The Labute approximate surface area is 162 Å². The van der Waals surface area contributed by atoms with Gasteiger partial charge in [0.1, 0.15) is 18.8 Å². The minimum absolute atomic E-state index is 0.215. The van der Waals surface area contributed by atoms with E-state index in [1.54, 1.807) is 20.8 Å². The number of esters is 3. The number of carbonyl (C=O) groups excluding carboxylic acids is 3. The second-order valence-electron chi connectivity index (χ2n) is 6.95. The third kappa shape index (κ3) is 5.12. The van der Waals surface area contributed by atoms with Gasteiger partial charge in [-0.15, -0.1) is 0 Å². The van der Waals surface area contributed by atoms with Gasteiger partial charge < -0.3 is 24.1 Å². The molecule has 0 spiro atoms. The Hall–Kier alpha value is -2.36. The summed E-state index contributed by atoms with van der Waals surface area (Å²) >= 11 is 0. The van der Waals surface area contributed by atoms with E-state index in [9.17, 15) is 19.5 Å². The van der Waals surface area contributed by atoms with Gasteiger partial charge in [-0.05, 0) is 17.4 Å². The topological polar surface area (TPSA) is 157 Å². The summed E-state index contributed by atoms with van der Waals surface area (Å²) < 4.78 is 20.5. The molecule has 1 N–H and O–H groups in total. The fourth-order valence-electron chi connectivity index (χ4n) is 3.39. The van der Waals surface area contributed by atoms with Crippen LogP contribution >= 0.6 is 0 Å². The first-order valence-electron chi connectivity index (χ1n) is 8.82. The average Bonchev–Trinajstić information content (AvgIpc) is 2.63. The molecule has 0 bridgehead atoms. The molecule has 0 aliphatic carbocycles. The van der Waals surface area contributed by atoms with Crippen molar-refractivity contribution in [2.75, 3.05) is 13.7 Å². The summed E-state index contributed by atoms with van der Waals surface area (Å²) in [6, 6.07) is -1.22. The van der Waals surface area contributed by atoms with Gasteiger partial charge in [-0.2, -0.15) is 0 Å². The van der Waals surface area contributed by atoms with Gasteiger partial charge in [-0.1, -0.05) is 25.9 Å². The van der Waals surface area contributed by atoms with E-state index in [0.717, 1.165) is 7.11 Å². The van der Waals surface area contributed by atoms with Crippen molar-refractivity contribution in [3.63, 3.8) is 0 Å². The molecule has 1 rings (SSSR count). The molecule has 0 aromatic heterocycles. The Balaban J connectivity index is 3.25. The average molecular weight is 401 g/mol. The second-order valence-corrected chi connectivity index (χ2v) is 6.95. The summed E-state index contributed by atoms with van der Waals surface area (Å²) in [7, 11) is 1.07. The fourth-order valence-corrected chi connectivity index (χ4v) is 3.39. The largest absolute Gasteiger partial charge is 0.465 e. The highest BCUT2D eigenvalue weighted by Crippen LogP contribution is 2.42. The highest BCUT2D eigenvalue weighted by molar-refractivity contribution is 5.78. The Morgan fingerprint density at radius 3 is 2.32 bits per heavy atom. The van der Waals surface area contributed by atoms with Gasteiger partial charge in [0.05, 0.1) is 13.2 Å². The molecule has 3 unspecified atom stereocenters. The molecule has 1 aliphatic rings. The highest BCUT2D eigenvalue weighted by atomic mass is 16.7. The van der Waals surface area contributed by atoms with Crippen molar-refractivity contribution < 1.29 is 38.4 Å². The Kier molecular flexibility index (Phi) is 8.22. The van der Waals surface area contributed by atoms with Crippen molar-refractivity contribution >= 4 is 17.9 Å². The molecule has 0 saturated carbocycles. The summed E-state index contributed by atoms with van der Waals surface area (Å²) in [5, 5.41) is 14.4. The van der Waals surface area contributed by atoms with Crippen LogP contribution in [0, 0.1) is 17.8 Å². The van der Waals surface area contributed by atoms with Crippen LogP contribution in [0.25, 0.3) is 10.4 Å². The van der Waals surface area contributed by atoms with Crippen LogP contribution < -0.4 is 0 Å². The number of rotatable bonds is 7. The van der Waals surface area contributed by atoms with Gasteiger partial charge >= 0.3 is 17.9 Å². The van der Waals surface area contributed by atoms with Crippen molar-refractivity contribution in [1.82, 2.24) is 0 Å². The predicted octanol–water partition coefficient (Wildman–Crippen LogP) is 1.33. The first-order valence-corrected chi connectivity index (χ1v) is 8.82. The van der Waals surface area contributed by atoms with E-state index in [0.29, 0.717) is 0 Å². The Bertz CT molecular complexity index is 650. The lowest BCUT2D eigenvalue weighted by Gasteiger charge is -2.48. The molecule has 0 aromatic carbocycles. The van der Waals surface area contributed by atoms with Crippen LogP contribution in [0.5, 0.6) is 0 Å². The number of azide groups is 1. The molecular formula is C17H27N3O8. The third-order valence-corrected chi connectivity index (χ3v) is 5.09. The van der Waals surface area contributed by atoms with E-state index in [4.69, 9.17) is 19.7 Å². The van der Waals surface area contributed by atoms with Crippen LogP contribution in [0.2, 0.25) is 0 Å². The SMILES string of the molecule is COC(=O)C1(O)OC([C@H](C)[C@@H](COC(C)=O)OC(C)=O)[C@H](C)[C@H](C)C1N=[N+]=[N-]. The predicted molar refractivity (Wildman–Crippen MR) is 94.5 cm³/mol. The summed E-state index contributed by atoms with van der Waals surface area (Å²) in [6.07, 6.45) is -1.68. The van der Waals surface area contributed by atoms with Gasteiger partial charge in [0.2, 0.25) is 0 Å². The van der Waals surface area contributed by atoms with Crippen LogP contribution in [-0.4, -0.2) is 60.8 Å². The van der Waals surface area contributed by atoms with E-state index in [-0.39, 0.29) is 12.5 Å². The standard InChI is InChI=1S/C17H27N3O8/c1-8-9(2)15(19-20-18)17(24,16(23)25-6)28-14(8)10(3)13(27-12(5)22)7-26-11(4)21/h8-10,13-15,24H,7H2,1-6H3/t8-,9+,10-,13-,14?,15?,17?/m1/s1. The molecule has 158 valence electrons. The van der Waals surface area contributed by atoms with E-state index in [1.165, 1.54) is 13.8 Å². The molecule has 7 atom stereocenters. The maximum atomic E-state index is 12.2. The molecule has 0 radical (unpaired) electrons. The van der Waals surface area contributed by atoms with E-state index in [2.05, 4.69) is 14.8 Å². The van der Waals surface area contributed by atoms with Crippen LogP contribution in [-0.2, 0) is 33.3 Å². The third-order valence-electron chi connectivity index (χ3n) is 5.09. The number of aliphatic hydroxyl groups is 1. The quantitative estimate of drug-likeness (QED) is 0.220. The minimum atomic E-state index is -2.51. The number of carbonyl (C=O) groups is 3. The number of methoxy groups -OCH3 is 1. The smallest absolute Gasteiger partial charge is 0.366 e. The molecule has 1 heterocycles. The van der Waals surface area contributed by atoms with E-state index < -0.39 is 53.8 Å². The number of ether oxygens (including phenoxy) is 4. The van der Waals surface area contributed by atoms with Gasteiger partial charge in [0, 0.05) is 24.7 Å². The first-order chi connectivity index (χ1) is 13.0. The number of hydrogen-bond donors (Lipinski definition) is 1. The van der Waals surface area contributed by atoms with Crippen molar-refractivity contribution in [2.24, 2.45) is 22.9 Å². The summed E-state index contributed by atoms with van der Waals surface area (Å²) in [6.45, 7) is 7.39. The molecular weight excluding hydrogens is 374 g/mol. The first kappa shape index (κ1) is 23.7. The van der Waals surface area contributed by atoms with E-state index in [1.807, 2.05) is 0 Å². The monoisotopic (exact) mass is 401 g/mol. The fraction of sp³-hybridized carbons (Fsp3) is 0.824. The van der Waals surface area contributed by atoms with Gasteiger partial charge in [-0.3, -0.25) is 9.59 Å². The Morgan fingerprint density at radius 1 is 1.25 bits per heavy atom. The van der Waals surface area contributed by atoms with Crippen LogP contribution in [0.3, 0.4) is 0 Å². The van der Waals surface area contributed by atoms with Gasteiger partial charge in [0.15, 0.2) is 0 Å². The highest BCUT2D eigenvalue weighted by Gasteiger charge is 2.58. The zero-order valence-electron chi connectivity index (χ0n) is 16.8. The van der Waals surface area contributed by atoms with Crippen LogP contribution in [0.15, 0.2) is 5.11 Å². The normalized spacial score (nSPS) is 31.7. The number of nitrogens with zero attached hydrogens (tertiary/aromatic N) is 3. The lowest BCUT2D eigenvalue weighted by atomic mass is 9.74. The molecule has 1 fully saturated rings. The summed E-state index contributed by atoms with van der Waals surface area (Å²) in [5.41, 5.74) is 8.83. The lowest BCUT2D eigenvalue weighted by molar-refractivity contribution is -0.296. The van der Waals surface area contributed by atoms with E-state index >= 15 is 0 Å². The second kappa shape index (κ2) is 9.72. The Morgan fingerprint density at radius 2 is 1.86 bits per heavy atom. The van der Waals surface area contributed by atoms with Crippen molar-refractivity contribution in [3.8, 4) is 0 Å². The number of hydrogen-bond acceptors (Lipinski definition) is 9. The molecule has 1 saturated heterocycles. The molecule has 28 heavy (non-hydrogen) atoms. The molecule has 11 nitrogen and oxygen atoms in total. The molecule has 1 aliphatic heterocycles. The summed E-state index contributed by atoms with van der Waals surface area (Å²) in [5.74, 6) is -6.12. The van der Waals surface area contributed by atoms with Crippen molar-refractivity contribution in [1.29, 1.82) is 0 Å². The lowest BCUT2D eigenvalue weighted by Crippen LogP contribution is -2.64. The van der Waals surface area contributed by atoms with Gasteiger partial charge in [-0.25, -0.2) is 4.79 Å². The molecule has 0 amide bonds. The maximum Gasteiger partial charge on any atom is 0.366 e. The summed E-state index contributed by atoms with van der Waals surface area (Å²) in [4.78, 5) is 37.5. The maximum absolute atomic E-state index is 12.2. The molecule has 0 aromatic rings. The zero-order valence-corrected chi connectivity index (χ0v) is 16.8. The van der Waals surface area contributed by atoms with Crippen LogP contribution in [0.1, 0.15) is 34.6 Å². The minimum Gasteiger partial charge on any atom is -0.465 e. The van der Waals surface area contributed by atoms with Crippen LogP contribution in [0.4, 0.5) is 0 Å². The molecule has 11 heteroatoms. The van der Waals surface area contributed by atoms with Crippen molar-refractivity contribution in [2.45, 2.75) is 58.7 Å².